The van der Waals surface area contributed by atoms with E-state index in [4.69, 9.17) is 0 Å². The molecule has 0 saturated carbocycles. The van der Waals surface area contributed by atoms with Crippen LogP contribution in [-0.2, 0) is 4.79 Å². The predicted octanol–water partition coefficient (Wildman–Crippen LogP) is 16.7. The van der Waals surface area contributed by atoms with E-state index in [0.717, 1.165) is 32.1 Å². The maximum Gasteiger partial charge on any atom is 0.249 e. The lowest BCUT2D eigenvalue weighted by Gasteiger charge is -2.23. The number of amides is 1. The Bertz CT molecular complexity index is 848. The van der Waals surface area contributed by atoms with Crippen LogP contribution in [0.3, 0.4) is 0 Å². The van der Waals surface area contributed by atoms with Crippen molar-refractivity contribution < 1.29 is 20.1 Å². The fraction of sp³-hybridized carbons (Fsp3) is 0.945. The van der Waals surface area contributed by atoms with Crippen molar-refractivity contribution in [2.45, 2.75) is 327 Å². The number of allylic oxidation sites excluding steroid dienone is 2. The van der Waals surface area contributed by atoms with Gasteiger partial charge in [-0.25, -0.2) is 0 Å². The molecule has 3 atom stereocenters. The van der Waals surface area contributed by atoms with E-state index in [1.807, 2.05) is 0 Å². The second-order valence-electron chi connectivity index (χ2n) is 19.1. The molecule has 5 heteroatoms. The summed E-state index contributed by atoms with van der Waals surface area (Å²) in [6.07, 6.45) is 62.5. The van der Waals surface area contributed by atoms with Crippen LogP contribution >= 0.6 is 0 Å². The molecule has 1 amide bonds. The van der Waals surface area contributed by atoms with Crippen LogP contribution in [0.5, 0.6) is 0 Å². The molecule has 0 aromatic carbocycles. The van der Waals surface area contributed by atoms with Gasteiger partial charge in [-0.3, -0.25) is 4.79 Å². The van der Waals surface area contributed by atoms with Crippen molar-refractivity contribution in [3.8, 4) is 0 Å². The van der Waals surface area contributed by atoms with E-state index in [1.165, 1.54) is 250 Å². The summed E-state index contributed by atoms with van der Waals surface area (Å²) >= 11 is 0. The molecule has 0 spiro atoms. The van der Waals surface area contributed by atoms with Gasteiger partial charge in [0.05, 0.1) is 18.8 Å². The molecule has 0 aromatic rings. The summed E-state index contributed by atoms with van der Waals surface area (Å²) in [5.74, 6) is -0.470. The van der Waals surface area contributed by atoms with Crippen LogP contribution in [0.2, 0.25) is 0 Å². The Balaban J connectivity index is 3.53. The van der Waals surface area contributed by atoms with Crippen LogP contribution in [0.4, 0.5) is 0 Å². The minimum absolute atomic E-state index is 0.312. The van der Waals surface area contributed by atoms with Crippen molar-refractivity contribution in [2.75, 3.05) is 6.61 Å². The summed E-state index contributed by atoms with van der Waals surface area (Å²) in [5, 5.41) is 33.5. The molecule has 0 heterocycles. The Morgan fingerprint density at radius 2 is 0.633 bits per heavy atom. The molecule has 3 unspecified atom stereocenters. The molecular formula is C55H109NO4. The molecule has 0 aliphatic heterocycles. The zero-order valence-electron chi connectivity index (χ0n) is 40.9. The first-order chi connectivity index (χ1) is 29.6. The van der Waals surface area contributed by atoms with E-state index in [0.29, 0.717) is 12.8 Å². The molecule has 0 rings (SSSR count). The van der Waals surface area contributed by atoms with Crippen molar-refractivity contribution >= 4 is 5.91 Å². The topological polar surface area (TPSA) is 89.8 Å². The predicted molar refractivity (Wildman–Crippen MR) is 264 cm³/mol. The first kappa shape index (κ1) is 59.1. The van der Waals surface area contributed by atoms with E-state index in [1.54, 1.807) is 0 Å². The third kappa shape index (κ3) is 45.1. The third-order valence-electron chi connectivity index (χ3n) is 13.1. The summed E-state index contributed by atoms with van der Waals surface area (Å²) in [5.41, 5.74) is 0. The van der Waals surface area contributed by atoms with E-state index < -0.39 is 24.2 Å². The van der Waals surface area contributed by atoms with E-state index >= 15 is 0 Å². The van der Waals surface area contributed by atoms with Gasteiger partial charge in [0, 0.05) is 0 Å². The summed E-state index contributed by atoms with van der Waals surface area (Å²) in [4.78, 5) is 12.6. The van der Waals surface area contributed by atoms with Gasteiger partial charge in [0.2, 0.25) is 5.91 Å². The van der Waals surface area contributed by atoms with Crippen molar-refractivity contribution in [1.82, 2.24) is 5.32 Å². The van der Waals surface area contributed by atoms with Gasteiger partial charge in [-0.15, -0.1) is 0 Å². The van der Waals surface area contributed by atoms with Gasteiger partial charge in [-0.2, -0.15) is 0 Å². The van der Waals surface area contributed by atoms with Gasteiger partial charge >= 0.3 is 0 Å². The highest BCUT2D eigenvalue weighted by atomic mass is 16.3. The molecule has 5 nitrogen and oxygen atoms in total. The highest BCUT2D eigenvalue weighted by Crippen LogP contribution is 2.18. The second-order valence-corrected chi connectivity index (χ2v) is 19.1. The Morgan fingerprint density at radius 1 is 0.383 bits per heavy atom. The van der Waals surface area contributed by atoms with Crippen molar-refractivity contribution in [1.29, 1.82) is 0 Å². The van der Waals surface area contributed by atoms with Gasteiger partial charge in [0.1, 0.15) is 6.10 Å². The first-order valence-electron chi connectivity index (χ1n) is 27.5. The molecule has 0 aliphatic rings. The quantitative estimate of drug-likeness (QED) is 0.0363. The summed E-state index contributed by atoms with van der Waals surface area (Å²) in [7, 11) is 0. The molecular weight excluding hydrogens is 739 g/mol. The number of carbonyl (C=O) groups is 1. The number of rotatable bonds is 51. The molecule has 0 radical (unpaired) electrons. The highest BCUT2D eigenvalue weighted by molar-refractivity contribution is 5.80. The molecule has 358 valence electrons. The number of nitrogens with one attached hydrogen (secondary N) is 1. The Hall–Kier alpha value is -0.910. The molecule has 0 bridgehead atoms. The summed E-state index contributed by atoms with van der Waals surface area (Å²) in [6, 6.07) is -0.713. The summed E-state index contributed by atoms with van der Waals surface area (Å²) in [6.45, 7) is 4.27. The lowest BCUT2D eigenvalue weighted by Crippen LogP contribution is -2.49. The van der Waals surface area contributed by atoms with E-state index in [-0.39, 0.29) is 6.61 Å². The van der Waals surface area contributed by atoms with Crippen molar-refractivity contribution in [2.24, 2.45) is 0 Å². The van der Waals surface area contributed by atoms with Crippen LogP contribution in [0.15, 0.2) is 12.2 Å². The maximum atomic E-state index is 12.6. The number of carbonyl (C=O) groups excluding carboxylic acids is 1. The standard InChI is InChI=1S/C55H109NO4/c1-3-5-7-9-11-13-15-17-19-21-23-25-26-27-28-30-31-33-35-37-39-41-43-45-47-49-53(58)52(51-57)56-55(60)54(59)50-48-46-44-42-40-38-36-34-32-29-24-22-20-18-16-14-12-10-8-6-4-2/h32,34,52-54,57-59H,3-31,33,35-51H2,1-2H3,(H,56,60)/b34-32-. The molecule has 0 fully saturated rings. The van der Waals surface area contributed by atoms with Crippen LogP contribution in [0, 0.1) is 0 Å². The number of aliphatic hydroxyl groups excluding tert-OH is 3. The first-order valence-corrected chi connectivity index (χ1v) is 27.5. The number of hydrogen-bond acceptors (Lipinski definition) is 4. The highest BCUT2D eigenvalue weighted by Gasteiger charge is 2.23. The maximum absolute atomic E-state index is 12.6. The molecule has 0 saturated heterocycles. The average Bonchev–Trinajstić information content (AvgIpc) is 3.25. The second kappa shape index (κ2) is 50.7. The lowest BCUT2D eigenvalue weighted by atomic mass is 10.0. The lowest BCUT2D eigenvalue weighted by molar-refractivity contribution is -0.131. The molecule has 0 aliphatic carbocycles. The number of aliphatic hydroxyl groups is 3. The Labute approximate surface area is 376 Å². The van der Waals surface area contributed by atoms with Crippen molar-refractivity contribution in [3.05, 3.63) is 12.2 Å². The number of hydrogen-bond donors (Lipinski definition) is 4. The van der Waals surface area contributed by atoms with Crippen LogP contribution in [0.25, 0.3) is 0 Å². The van der Waals surface area contributed by atoms with E-state index in [9.17, 15) is 20.1 Å². The monoisotopic (exact) mass is 848 g/mol. The van der Waals surface area contributed by atoms with Gasteiger partial charge in [-0.1, -0.05) is 283 Å². The zero-order chi connectivity index (χ0) is 43.7. The third-order valence-corrected chi connectivity index (χ3v) is 13.1. The summed E-state index contributed by atoms with van der Waals surface area (Å²) < 4.78 is 0. The molecule has 4 N–H and O–H groups in total. The largest absolute Gasteiger partial charge is 0.394 e. The van der Waals surface area contributed by atoms with Gasteiger partial charge in [-0.05, 0) is 38.5 Å². The van der Waals surface area contributed by atoms with Crippen LogP contribution < -0.4 is 5.32 Å². The molecule has 0 aromatic heterocycles. The zero-order valence-corrected chi connectivity index (χ0v) is 40.9. The van der Waals surface area contributed by atoms with Crippen LogP contribution in [0.1, 0.15) is 309 Å². The van der Waals surface area contributed by atoms with E-state index in [2.05, 4.69) is 31.3 Å². The average molecular weight is 848 g/mol. The van der Waals surface area contributed by atoms with Crippen molar-refractivity contribution in [3.63, 3.8) is 0 Å². The fourth-order valence-corrected chi connectivity index (χ4v) is 8.84. The van der Waals surface area contributed by atoms with Gasteiger partial charge in [0.25, 0.3) is 0 Å². The normalized spacial score (nSPS) is 13.3. The number of unbranched alkanes of at least 4 members (excludes halogenated alkanes) is 41. The van der Waals surface area contributed by atoms with Gasteiger partial charge < -0.3 is 20.6 Å². The fourth-order valence-electron chi connectivity index (χ4n) is 8.84. The Kier molecular flexibility index (Phi) is 50.0. The molecule has 60 heavy (non-hydrogen) atoms. The Morgan fingerprint density at radius 3 is 0.917 bits per heavy atom. The SMILES string of the molecule is CCCCCCCCCCCCC/C=C\CCCCCCCCC(O)C(=O)NC(CO)C(O)CCCCCCCCCCCCCCCCCCCCCCCCCCC. The van der Waals surface area contributed by atoms with Crippen LogP contribution in [-0.4, -0.2) is 46.1 Å². The minimum atomic E-state index is -1.08. The minimum Gasteiger partial charge on any atom is -0.394 e. The van der Waals surface area contributed by atoms with Gasteiger partial charge in [0.15, 0.2) is 0 Å². The smallest absolute Gasteiger partial charge is 0.249 e.